The fourth-order valence-corrected chi connectivity index (χ4v) is 6.32. The number of benzene rings is 4. The monoisotopic (exact) mass is 660 g/mol. The van der Waals surface area contributed by atoms with Gasteiger partial charge in [0.1, 0.15) is 6.08 Å². The average Bonchev–Trinajstić information content (AvgIpc) is 3.57. The molecule has 0 saturated carbocycles. The van der Waals surface area contributed by atoms with Crippen molar-refractivity contribution in [2.75, 3.05) is 23.8 Å². The van der Waals surface area contributed by atoms with Crippen molar-refractivity contribution in [2.45, 2.75) is 25.8 Å². The lowest BCUT2D eigenvalue weighted by atomic mass is 10.0. The quantitative estimate of drug-likeness (QED) is 0.0686. The minimum atomic E-state index is -4.32. The number of hydrogen-bond donors (Lipinski definition) is 1. The molecular weight excluding hydrogens is 629 g/mol. The van der Waals surface area contributed by atoms with E-state index >= 15 is 0 Å². The minimum Gasteiger partial charge on any atom is -0.748 e. The molecule has 0 aliphatic carbocycles. The second-order valence-corrected chi connectivity index (χ2v) is 13.0. The lowest BCUT2D eigenvalue weighted by Gasteiger charge is -2.18. The zero-order valence-electron chi connectivity index (χ0n) is 24.8. The van der Waals surface area contributed by atoms with E-state index in [1.54, 1.807) is 6.08 Å². The number of oxazole rings is 1. The van der Waals surface area contributed by atoms with Crippen LogP contribution in [-0.2, 0) is 32.2 Å². The van der Waals surface area contributed by atoms with Gasteiger partial charge in [-0.3, -0.25) is 8.74 Å². The van der Waals surface area contributed by atoms with E-state index in [1.807, 2.05) is 107 Å². The van der Waals surface area contributed by atoms with Gasteiger partial charge in [0.2, 0.25) is 11.5 Å². The number of nitrogens with zero attached hydrogens (tertiary/aromatic N) is 2. The zero-order valence-corrected chi connectivity index (χ0v) is 26.4. The molecule has 4 aromatic carbocycles. The number of rotatable bonds is 13. The van der Waals surface area contributed by atoms with Gasteiger partial charge in [-0.15, -0.1) is 0 Å². The molecule has 2 heterocycles. The molecule has 0 saturated heterocycles. The van der Waals surface area contributed by atoms with Crippen LogP contribution in [0.25, 0.3) is 39.4 Å². The van der Waals surface area contributed by atoms with E-state index < -0.39 is 27.2 Å². The van der Waals surface area contributed by atoms with E-state index in [-0.39, 0.29) is 13.0 Å². The molecule has 10 nitrogen and oxygen atoms in total. The van der Waals surface area contributed by atoms with Gasteiger partial charge < -0.3 is 18.6 Å². The summed E-state index contributed by atoms with van der Waals surface area (Å²) < 4.78 is 73.5. The Labute approximate surface area is 269 Å². The highest BCUT2D eigenvalue weighted by molar-refractivity contribution is 7.85. The summed E-state index contributed by atoms with van der Waals surface area (Å²) in [5, 5.41) is 0. The second-order valence-electron chi connectivity index (χ2n) is 10.8. The Balaban J connectivity index is 1.39. The third kappa shape index (κ3) is 7.54. The molecule has 1 aromatic heterocycles. The van der Waals surface area contributed by atoms with Gasteiger partial charge in [-0.2, -0.15) is 8.78 Å². The molecule has 0 spiro atoms. The number of aryl methyl sites for hydroxylation is 1. The predicted octanol–water partition coefficient (Wildman–Crippen LogP) is 6.12. The standard InChI is InChI=1S/C34H32N2O8S2/c37-45(38)42-20-9-19-36-30-23-28(26-12-5-2-6-13-26)15-17-32(30)44-34(36)24-33-35(18-7-8-21-46(39,40)41)29-22-27(14-16-31(29)43-33)25-10-3-1-4-11-25/h1-6,10-17,22-24H,7-9,18-21H2,(H-,37,38,39,40,41). The molecule has 0 bridgehead atoms. The molecule has 5 aromatic rings. The maximum Gasteiger partial charge on any atom is 0.379 e. The first-order chi connectivity index (χ1) is 22.2. The SMILES string of the molecule is O=S(O)OCCC[n+]1c(C=C2Oc3ccc(-c4ccccc4)cc3N2CCCCS(=O)(=O)[O-])oc2ccc(-c3ccccc3)cc21. The summed E-state index contributed by atoms with van der Waals surface area (Å²) in [6, 6.07) is 31.8. The summed E-state index contributed by atoms with van der Waals surface area (Å²) in [5.74, 6) is 1.17. The fourth-order valence-electron chi connectivity index (χ4n) is 5.51. The van der Waals surface area contributed by atoms with E-state index in [4.69, 9.17) is 17.9 Å². The van der Waals surface area contributed by atoms with Crippen LogP contribution in [0.1, 0.15) is 25.2 Å². The molecule has 1 N–H and O–H groups in total. The first-order valence-electron chi connectivity index (χ1n) is 14.8. The normalized spacial score (nSPS) is 14.5. The van der Waals surface area contributed by atoms with Gasteiger partial charge in [0.05, 0.1) is 22.4 Å². The van der Waals surface area contributed by atoms with Crippen LogP contribution >= 0.6 is 0 Å². The molecule has 238 valence electrons. The van der Waals surface area contributed by atoms with Crippen LogP contribution < -0.4 is 14.2 Å². The lowest BCUT2D eigenvalue weighted by Crippen LogP contribution is -2.36. The van der Waals surface area contributed by atoms with Gasteiger partial charge in [-0.25, -0.2) is 8.42 Å². The molecule has 1 aliphatic rings. The number of hydrogen-bond acceptors (Lipinski definition) is 8. The van der Waals surface area contributed by atoms with Crippen molar-refractivity contribution in [1.82, 2.24) is 0 Å². The molecule has 0 amide bonds. The Bertz CT molecular complexity index is 1990. The topological polar surface area (TPSA) is 133 Å². The van der Waals surface area contributed by atoms with Crippen LogP contribution in [0, 0.1) is 0 Å². The third-order valence-corrected chi connectivity index (χ3v) is 8.82. The Morgan fingerprint density at radius 3 is 2.22 bits per heavy atom. The molecule has 1 unspecified atom stereocenters. The van der Waals surface area contributed by atoms with Crippen molar-refractivity contribution in [3.63, 3.8) is 0 Å². The van der Waals surface area contributed by atoms with Crippen molar-refractivity contribution in [3.05, 3.63) is 109 Å². The van der Waals surface area contributed by atoms with Crippen LogP contribution in [0.4, 0.5) is 5.69 Å². The smallest absolute Gasteiger partial charge is 0.379 e. The van der Waals surface area contributed by atoms with Crippen LogP contribution in [-0.4, -0.2) is 40.6 Å². The van der Waals surface area contributed by atoms with E-state index in [9.17, 15) is 17.2 Å². The van der Waals surface area contributed by atoms with Crippen molar-refractivity contribution >= 4 is 44.3 Å². The maximum absolute atomic E-state index is 11.3. The van der Waals surface area contributed by atoms with Crippen LogP contribution in [0.5, 0.6) is 5.75 Å². The predicted molar refractivity (Wildman–Crippen MR) is 175 cm³/mol. The highest BCUT2D eigenvalue weighted by atomic mass is 32.2. The largest absolute Gasteiger partial charge is 0.748 e. The molecule has 0 radical (unpaired) electrons. The zero-order chi connectivity index (χ0) is 32.1. The van der Waals surface area contributed by atoms with Crippen molar-refractivity contribution in [2.24, 2.45) is 0 Å². The summed E-state index contributed by atoms with van der Waals surface area (Å²) >= 11 is -2.36. The van der Waals surface area contributed by atoms with Crippen molar-refractivity contribution < 1.29 is 39.6 Å². The molecular formula is C34H32N2O8S2. The maximum atomic E-state index is 11.3. The molecule has 46 heavy (non-hydrogen) atoms. The Hall–Kier alpha value is -4.33. The number of unbranched alkanes of at least 4 members (excludes halogenated alkanes) is 1. The van der Waals surface area contributed by atoms with E-state index in [0.717, 1.165) is 33.5 Å². The third-order valence-electron chi connectivity index (χ3n) is 7.66. The average molecular weight is 661 g/mol. The minimum absolute atomic E-state index is 0.0656. The highest BCUT2D eigenvalue weighted by Crippen LogP contribution is 2.42. The van der Waals surface area contributed by atoms with Crippen LogP contribution in [0.15, 0.2) is 107 Å². The van der Waals surface area contributed by atoms with Crippen LogP contribution in [0.2, 0.25) is 0 Å². The van der Waals surface area contributed by atoms with Gasteiger partial charge in [0.25, 0.3) is 5.52 Å². The molecule has 6 rings (SSSR count). The fraction of sp³-hybridized carbons (Fsp3) is 0.206. The summed E-state index contributed by atoms with van der Waals surface area (Å²) in [5.41, 5.74) is 6.36. The van der Waals surface area contributed by atoms with E-state index in [2.05, 4.69) is 0 Å². The van der Waals surface area contributed by atoms with Gasteiger partial charge in [-0.1, -0.05) is 72.8 Å². The second kappa shape index (κ2) is 14.0. The number of anilines is 1. The molecule has 1 aliphatic heterocycles. The number of fused-ring (bicyclic) bond motifs is 2. The lowest BCUT2D eigenvalue weighted by molar-refractivity contribution is -0.678. The summed E-state index contributed by atoms with van der Waals surface area (Å²) in [6.45, 7) is 0.894. The van der Waals surface area contributed by atoms with Gasteiger partial charge in [0, 0.05) is 24.8 Å². The highest BCUT2D eigenvalue weighted by Gasteiger charge is 2.30. The number of ether oxygens (including phenoxy) is 1. The molecule has 0 fully saturated rings. The van der Waals surface area contributed by atoms with E-state index in [0.29, 0.717) is 49.0 Å². The van der Waals surface area contributed by atoms with E-state index in [1.165, 1.54) is 0 Å². The van der Waals surface area contributed by atoms with Crippen molar-refractivity contribution in [1.29, 1.82) is 0 Å². The first kappa shape index (κ1) is 31.6. The Morgan fingerprint density at radius 1 is 0.870 bits per heavy atom. The van der Waals surface area contributed by atoms with Gasteiger partial charge in [0.15, 0.2) is 12.3 Å². The first-order valence-corrected chi connectivity index (χ1v) is 17.4. The number of aromatic nitrogens is 1. The molecule has 12 heteroatoms. The van der Waals surface area contributed by atoms with Gasteiger partial charge >= 0.3 is 17.3 Å². The Morgan fingerprint density at radius 2 is 1.54 bits per heavy atom. The summed E-state index contributed by atoms with van der Waals surface area (Å²) in [4.78, 5) is 1.96. The van der Waals surface area contributed by atoms with Gasteiger partial charge in [-0.05, 0) is 53.3 Å². The van der Waals surface area contributed by atoms with Crippen LogP contribution in [0.3, 0.4) is 0 Å². The molecule has 1 atom stereocenters. The summed E-state index contributed by atoms with van der Waals surface area (Å²) in [6.07, 6.45) is 2.88. The van der Waals surface area contributed by atoms with Crippen molar-refractivity contribution in [3.8, 4) is 28.0 Å². The summed E-state index contributed by atoms with van der Waals surface area (Å²) in [7, 11) is -4.32. The Kier molecular flexibility index (Phi) is 9.61.